The van der Waals surface area contributed by atoms with Gasteiger partial charge in [0.05, 0.1) is 5.71 Å². The molecule has 2 saturated carbocycles. The number of carboxylic acids is 1. The molecule has 0 saturated heterocycles. The summed E-state index contributed by atoms with van der Waals surface area (Å²) < 4.78 is 0. The Bertz CT molecular complexity index is 353. The fraction of sp³-hybridized carbons (Fsp3) is 0.800. The first kappa shape index (κ1) is 10.9. The van der Waals surface area contributed by atoms with Crippen LogP contribution in [0.5, 0.6) is 0 Å². The Morgan fingerprint density at radius 2 is 2.20 bits per heavy atom. The molecule has 0 radical (unpaired) electrons. The van der Waals surface area contributed by atoms with E-state index < -0.39 is 11.4 Å². The molecule has 5 heteroatoms. The van der Waals surface area contributed by atoms with Crippen LogP contribution >= 0.6 is 15.9 Å². The molecule has 84 valence electrons. The zero-order valence-corrected chi connectivity index (χ0v) is 10.3. The summed E-state index contributed by atoms with van der Waals surface area (Å²) in [5.74, 6) is -0.648. The Labute approximate surface area is 96.5 Å². The van der Waals surface area contributed by atoms with Gasteiger partial charge in [0.1, 0.15) is 5.41 Å². The van der Waals surface area contributed by atoms with Crippen molar-refractivity contribution in [2.45, 2.75) is 31.5 Å². The third-order valence-electron chi connectivity index (χ3n) is 4.12. The second-order valence-corrected chi connectivity index (χ2v) is 5.98. The summed E-state index contributed by atoms with van der Waals surface area (Å²) in [6.45, 7) is 3.90. The second kappa shape index (κ2) is 2.97. The molecule has 0 heterocycles. The highest BCUT2D eigenvalue weighted by Gasteiger charge is 2.69. The van der Waals surface area contributed by atoms with E-state index in [9.17, 15) is 9.90 Å². The van der Waals surface area contributed by atoms with Gasteiger partial charge in [-0.15, -0.1) is 0 Å². The van der Waals surface area contributed by atoms with Crippen LogP contribution in [0, 0.1) is 16.7 Å². The molecule has 0 amide bonds. The fourth-order valence-corrected chi connectivity index (χ4v) is 4.85. The van der Waals surface area contributed by atoms with E-state index >= 15 is 0 Å². The molecule has 2 bridgehead atoms. The predicted molar refractivity (Wildman–Crippen MR) is 58.5 cm³/mol. The van der Waals surface area contributed by atoms with Crippen LogP contribution in [0.3, 0.4) is 0 Å². The highest BCUT2D eigenvalue weighted by Crippen LogP contribution is 2.63. The molecule has 2 aliphatic rings. The Hall–Kier alpha value is -0.580. The molecule has 0 aromatic rings. The zero-order valence-electron chi connectivity index (χ0n) is 8.70. The van der Waals surface area contributed by atoms with Crippen LogP contribution in [-0.4, -0.2) is 26.8 Å². The van der Waals surface area contributed by atoms with Gasteiger partial charge in [-0.25, -0.2) is 0 Å². The quantitative estimate of drug-likeness (QED) is 0.437. The first-order valence-corrected chi connectivity index (χ1v) is 5.91. The summed E-state index contributed by atoms with van der Waals surface area (Å²) in [7, 11) is 0. The van der Waals surface area contributed by atoms with Crippen LogP contribution in [-0.2, 0) is 4.79 Å². The van der Waals surface area contributed by atoms with E-state index in [1.54, 1.807) is 0 Å². The van der Waals surface area contributed by atoms with Crippen molar-refractivity contribution in [1.29, 1.82) is 0 Å². The highest BCUT2D eigenvalue weighted by molar-refractivity contribution is 9.09. The van der Waals surface area contributed by atoms with Gasteiger partial charge < -0.3 is 10.3 Å². The van der Waals surface area contributed by atoms with Crippen molar-refractivity contribution in [3.05, 3.63) is 0 Å². The molecular weight excluding hydrogens is 262 g/mol. The Balaban J connectivity index is 2.60. The van der Waals surface area contributed by atoms with Crippen LogP contribution in [0.1, 0.15) is 26.7 Å². The minimum absolute atomic E-state index is 0.122. The van der Waals surface area contributed by atoms with Gasteiger partial charge in [0, 0.05) is 10.2 Å². The van der Waals surface area contributed by atoms with Gasteiger partial charge in [0.15, 0.2) is 0 Å². The minimum atomic E-state index is -0.997. The Kier molecular flexibility index (Phi) is 2.16. The van der Waals surface area contributed by atoms with Gasteiger partial charge in [0.25, 0.3) is 0 Å². The van der Waals surface area contributed by atoms with Crippen molar-refractivity contribution in [2.75, 3.05) is 0 Å². The Morgan fingerprint density at radius 1 is 1.60 bits per heavy atom. The number of alkyl halides is 1. The van der Waals surface area contributed by atoms with Crippen molar-refractivity contribution in [3.63, 3.8) is 0 Å². The second-order valence-electron chi connectivity index (χ2n) is 4.99. The predicted octanol–water partition coefficient (Wildman–Crippen LogP) is 2.10. The van der Waals surface area contributed by atoms with E-state index in [0.717, 1.165) is 6.42 Å². The molecule has 3 atom stereocenters. The van der Waals surface area contributed by atoms with Gasteiger partial charge in [-0.05, 0) is 18.8 Å². The average Bonchev–Trinajstić information content (AvgIpc) is 2.53. The third-order valence-corrected chi connectivity index (χ3v) is 5.53. The van der Waals surface area contributed by atoms with E-state index in [1.807, 2.05) is 13.8 Å². The number of nitrogens with zero attached hydrogens (tertiary/aromatic N) is 1. The van der Waals surface area contributed by atoms with Crippen molar-refractivity contribution in [2.24, 2.45) is 21.9 Å². The molecule has 2 N–H and O–H groups in total. The molecule has 2 rings (SSSR count). The number of aliphatic carboxylic acids is 1. The molecule has 2 fully saturated rings. The van der Waals surface area contributed by atoms with Gasteiger partial charge in [0.2, 0.25) is 0 Å². The zero-order chi connectivity index (χ0) is 11.4. The van der Waals surface area contributed by atoms with E-state index in [4.69, 9.17) is 5.21 Å². The first-order chi connectivity index (χ1) is 6.89. The molecule has 2 unspecified atom stereocenters. The van der Waals surface area contributed by atoms with Crippen LogP contribution in [0.2, 0.25) is 0 Å². The lowest BCUT2D eigenvalue weighted by Crippen LogP contribution is -2.43. The maximum atomic E-state index is 11.4. The standard InChI is InChI=1S/C10H14BrNO3/c1-9(2)5-3-4-10(6(5)11,8(13)14)7(9)12-15/h5-6,15H,3-4H2,1-2H3,(H,13,14)/b12-7+/t5?,6-,10?/m0/s1. The van der Waals surface area contributed by atoms with E-state index in [0.29, 0.717) is 12.1 Å². The molecule has 4 nitrogen and oxygen atoms in total. The largest absolute Gasteiger partial charge is 0.481 e. The van der Waals surface area contributed by atoms with E-state index in [1.165, 1.54) is 0 Å². The number of hydrogen-bond donors (Lipinski definition) is 2. The normalized spacial score (nSPS) is 44.9. The number of rotatable bonds is 1. The van der Waals surface area contributed by atoms with Crippen molar-refractivity contribution >= 4 is 27.6 Å². The number of halogens is 1. The molecule has 0 spiro atoms. The minimum Gasteiger partial charge on any atom is -0.481 e. The monoisotopic (exact) mass is 275 g/mol. The summed E-state index contributed by atoms with van der Waals surface area (Å²) >= 11 is 3.47. The van der Waals surface area contributed by atoms with Crippen LogP contribution in [0.4, 0.5) is 0 Å². The smallest absolute Gasteiger partial charge is 0.316 e. The SMILES string of the molecule is CC1(C)/C(=N\O)C2(C(=O)O)CCC1[C@@H]2Br. The lowest BCUT2D eigenvalue weighted by Gasteiger charge is -2.33. The van der Waals surface area contributed by atoms with Gasteiger partial charge in [-0.3, -0.25) is 4.79 Å². The van der Waals surface area contributed by atoms with Crippen LogP contribution in [0.25, 0.3) is 0 Å². The number of oxime groups is 1. The third kappa shape index (κ3) is 1.02. The molecule has 0 aromatic carbocycles. The molecule has 15 heavy (non-hydrogen) atoms. The lowest BCUT2D eigenvalue weighted by atomic mass is 9.70. The van der Waals surface area contributed by atoms with E-state index in [-0.39, 0.29) is 16.2 Å². The maximum absolute atomic E-state index is 11.4. The number of hydrogen-bond acceptors (Lipinski definition) is 3. The van der Waals surface area contributed by atoms with Crippen molar-refractivity contribution < 1.29 is 15.1 Å². The summed E-state index contributed by atoms with van der Waals surface area (Å²) in [5, 5.41) is 21.7. The van der Waals surface area contributed by atoms with Gasteiger partial charge in [-0.1, -0.05) is 34.9 Å². The highest BCUT2D eigenvalue weighted by atomic mass is 79.9. The summed E-state index contributed by atoms with van der Waals surface area (Å²) in [5.41, 5.74) is -0.914. The summed E-state index contributed by atoms with van der Waals surface area (Å²) in [6.07, 6.45) is 1.43. The van der Waals surface area contributed by atoms with Crippen molar-refractivity contribution in [1.82, 2.24) is 0 Å². The number of carbonyl (C=O) groups is 1. The number of carboxylic acid groups (broad SMARTS) is 1. The molecular formula is C10H14BrNO3. The topological polar surface area (TPSA) is 69.9 Å². The lowest BCUT2D eigenvalue weighted by molar-refractivity contribution is -0.144. The van der Waals surface area contributed by atoms with E-state index in [2.05, 4.69) is 21.1 Å². The van der Waals surface area contributed by atoms with Gasteiger partial charge in [-0.2, -0.15) is 0 Å². The summed E-state index contributed by atoms with van der Waals surface area (Å²) in [6, 6.07) is 0. The van der Waals surface area contributed by atoms with Gasteiger partial charge >= 0.3 is 5.97 Å². The maximum Gasteiger partial charge on any atom is 0.316 e. The molecule has 2 aliphatic carbocycles. The molecule has 0 aromatic heterocycles. The van der Waals surface area contributed by atoms with Crippen LogP contribution in [0.15, 0.2) is 5.16 Å². The first-order valence-electron chi connectivity index (χ1n) is 4.99. The van der Waals surface area contributed by atoms with Crippen molar-refractivity contribution in [3.8, 4) is 0 Å². The van der Waals surface area contributed by atoms with Crippen LogP contribution < -0.4 is 0 Å². The summed E-state index contributed by atoms with van der Waals surface area (Å²) in [4.78, 5) is 11.3. The Morgan fingerprint density at radius 3 is 2.60 bits per heavy atom. The number of fused-ring (bicyclic) bond motifs is 2. The molecule has 0 aliphatic heterocycles. The fourth-order valence-electron chi connectivity index (χ4n) is 3.28. The average molecular weight is 276 g/mol.